The fourth-order valence-electron chi connectivity index (χ4n) is 3.90. The Labute approximate surface area is 190 Å². The number of rotatable bonds is 11. The van der Waals surface area contributed by atoms with Crippen molar-refractivity contribution in [1.82, 2.24) is 20.2 Å². The van der Waals surface area contributed by atoms with Gasteiger partial charge in [0.05, 0.1) is 0 Å². The molecule has 0 unspecified atom stereocenters. The first kappa shape index (κ1) is 23.8. The average Bonchev–Trinajstić information content (AvgIpc) is 2.82. The molecule has 1 aliphatic rings. The van der Waals surface area contributed by atoms with Gasteiger partial charge >= 0.3 is 0 Å². The number of hydrogen-bond acceptors (Lipinski definition) is 7. The molecule has 1 N–H and O–H groups in total. The summed E-state index contributed by atoms with van der Waals surface area (Å²) in [5, 5.41) is 4.38. The molecule has 1 saturated heterocycles. The van der Waals surface area contributed by atoms with Gasteiger partial charge in [-0.1, -0.05) is 25.6 Å². The van der Waals surface area contributed by atoms with Crippen LogP contribution in [0.5, 0.6) is 0 Å². The topological polar surface area (TPSA) is 47.5 Å². The van der Waals surface area contributed by atoms with E-state index in [9.17, 15) is 4.39 Å². The maximum atomic E-state index is 13.2. The van der Waals surface area contributed by atoms with Gasteiger partial charge < -0.3 is 20.0 Å². The summed E-state index contributed by atoms with van der Waals surface area (Å²) in [6, 6.07) is 6.77. The number of halogens is 1. The van der Waals surface area contributed by atoms with Crippen molar-refractivity contribution >= 4 is 23.3 Å². The minimum atomic E-state index is -0.192. The second-order valence-corrected chi connectivity index (χ2v) is 8.49. The lowest BCUT2D eigenvalue weighted by Crippen LogP contribution is -2.47. The lowest BCUT2D eigenvalue weighted by Gasteiger charge is -2.37. The van der Waals surface area contributed by atoms with Gasteiger partial charge in [0.15, 0.2) is 5.16 Å². The normalized spacial score (nSPS) is 14.5. The number of nitrogens with one attached hydrogen (secondary N) is 1. The molecule has 1 aromatic heterocycles. The Morgan fingerprint density at radius 2 is 1.74 bits per heavy atom. The third-order valence-corrected chi connectivity index (χ3v) is 6.37. The highest BCUT2D eigenvalue weighted by molar-refractivity contribution is 7.98. The van der Waals surface area contributed by atoms with Crippen LogP contribution in [0.2, 0.25) is 0 Å². The largest absolute Gasteiger partial charge is 0.368 e. The van der Waals surface area contributed by atoms with Gasteiger partial charge in [-0.3, -0.25) is 0 Å². The molecule has 6 nitrogen and oxygen atoms in total. The van der Waals surface area contributed by atoms with Crippen LogP contribution in [0.15, 0.2) is 35.6 Å². The monoisotopic (exact) mass is 446 g/mol. The van der Waals surface area contributed by atoms with Crippen LogP contribution >= 0.6 is 11.8 Å². The van der Waals surface area contributed by atoms with Gasteiger partial charge in [-0.15, -0.1) is 0 Å². The van der Waals surface area contributed by atoms with Crippen LogP contribution < -0.4 is 15.1 Å². The molecule has 2 aromatic rings. The number of anilines is 2. The maximum Gasteiger partial charge on any atom is 0.189 e. The molecule has 1 aromatic carbocycles. The summed E-state index contributed by atoms with van der Waals surface area (Å²) in [6.07, 6.45) is 5.12. The summed E-state index contributed by atoms with van der Waals surface area (Å²) in [5.74, 6) is 0.844. The molecule has 0 atom stereocenters. The smallest absolute Gasteiger partial charge is 0.189 e. The Kier molecular flexibility index (Phi) is 9.36. The summed E-state index contributed by atoms with van der Waals surface area (Å²) in [7, 11) is 0. The van der Waals surface area contributed by atoms with Crippen LogP contribution in [0, 0.1) is 5.82 Å². The summed E-state index contributed by atoms with van der Waals surface area (Å²) >= 11 is 1.57. The Balaban J connectivity index is 1.58. The predicted molar refractivity (Wildman–Crippen MR) is 129 cm³/mol. The summed E-state index contributed by atoms with van der Waals surface area (Å²) in [4.78, 5) is 16.5. The molecule has 0 bridgehead atoms. The second kappa shape index (κ2) is 12.2. The Morgan fingerprint density at radius 1 is 1.06 bits per heavy atom. The highest BCUT2D eigenvalue weighted by atomic mass is 32.2. The van der Waals surface area contributed by atoms with Crippen LogP contribution in [0.1, 0.15) is 25.8 Å². The molecule has 1 aliphatic heterocycles. The third-order valence-electron chi connectivity index (χ3n) is 5.81. The van der Waals surface area contributed by atoms with Gasteiger partial charge in [-0.2, -0.15) is 0 Å². The van der Waals surface area contributed by atoms with Crippen molar-refractivity contribution in [2.24, 2.45) is 0 Å². The van der Waals surface area contributed by atoms with E-state index in [1.54, 1.807) is 11.8 Å². The number of piperazine rings is 1. The third kappa shape index (κ3) is 6.79. The van der Waals surface area contributed by atoms with Crippen molar-refractivity contribution in [2.45, 2.75) is 32.0 Å². The van der Waals surface area contributed by atoms with E-state index in [-0.39, 0.29) is 5.82 Å². The molecular formula is C23H35FN6S. The van der Waals surface area contributed by atoms with Gasteiger partial charge in [0, 0.05) is 50.2 Å². The molecule has 8 heteroatoms. The molecular weight excluding hydrogens is 411 g/mol. The number of thioether (sulfide) groups is 1. The zero-order valence-electron chi connectivity index (χ0n) is 19.0. The van der Waals surface area contributed by atoms with Crippen molar-refractivity contribution in [3.05, 3.63) is 41.8 Å². The van der Waals surface area contributed by atoms with E-state index < -0.39 is 0 Å². The van der Waals surface area contributed by atoms with E-state index in [0.717, 1.165) is 87.5 Å². The number of benzene rings is 1. The SMILES string of the molecule is CCN(CC)CCCNCc1cnc(SC)nc1N1CCN(c2ccc(F)cc2)CC1. The quantitative estimate of drug-likeness (QED) is 0.322. The zero-order valence-corrected chi connectivity index (χ0v) is 19.8. The minimum absolute atomic E-state index is 0.192. The summed E-state index contributed by atoms with van der Waals surface area (Å²) < 4.78 is 13.2. The molecule has 0 spiro atoms. The highest BCUT2D eigenvalue weighted by Crippen LogP contribution is 2.24. The minimum Gasteiger partial charge on any atom is -0.368 e. The molecule has 0 amide bonds. The van der Waals surface area contributed by atoms with Crippen molar-refractivity contribution in [3.63, 3.8) is 0 Å². The lowest BCUT2D eigenvalue weighted by molar-refractivity contribution is 0.298. The Morgan fingerprint density at radius 3 is 2.39 bits per heavy atom. The average molecular weight is 447 g/mol. The van der Waals surface area contributed by atoms with E-state index in [0.29, 0.717) is 0 Å². The second-order valence-electron chi connectivity index (χ2n) is 7.71. The standard InChI is InChI=1S/C23H35FN6S/c1-4-28(5-2)12-6-11-25-17-19-18-26-23(31-3)27-22(19)30-15-13-29(14-16-30)21-9-7-20(24)8-10-21/h7-10,18,25H,4-6,11-17H2,1-3H3. The van der Waals surface area contributed by atoms with Crippen LogP contribution in [-0.2, 0) is 6.54 Å². The molecule has 1 fully saturated rings. The summed E-state index contributed by atoms with van der Waals surface area (Å²) in [5.41, 5.74) is 2.22. The summed E-state index contributed by atoms with van der Waals surface area (Å²) in [6.45, 7) is 13.1. The molecule has 0 aliphatic carbocycles. The number of aromatic nitrogens is 2. The lowest BCUT2D eigenvalue weighted by atomic mass is 10.2. The molecule has 31 heavy (non-hydrogen) atoms. The number of nitrogens with zero attached hydrogens (tertiary/aromatic N) is 5. The van der Waals surface area contributed by atoms with E-state index in [1.807, 2.05) is 24.6 Å². The van der Waals surface area contributed by atoms with E-state index in [2.05, 4.69) is 38.8 Å². The fraction of sp³-hybridized carbons (Fsp3) is 0.565. The maximum absolute atomic E-state index is 13.2. The first-order valence-corrected chi connectivity index (χ1v) is 12.5. The van der Waals surface area contributed by atoms with Crippen LogP contribution in [0.3, 0.4) is 0 Å². The molecule has 3 rings (SSSR count). The predicted octanol–water partition coefficient (Wildman–Crippen LogP) is 3.49. The van der Waals surface area contributed by atoms with E-state index in [4.69, 9.17) is 4.98 Å². The van der Waals surface area contributed by atoms with Crippen LogP contribution in [0.4, 0.5) is 15.9 Å². The van der Waals surface area contributed by atoms with Crippen molar-refractivity contribution in [1.29, 1.82) is 0 Å². The highest BCUT2D eigenvalue weighted by Gasteiger charge is 2.21. The van der Waals surface area contributed by atoms with E-state index >= 15 is 0 Å². The van der Waals surface area contributed by atoms with Crippen LogP contribution in [0.25, 0.3) is 0 Å². The Hall–Kier alpha value is -1.90. The van der Waals surface area contributed by atoms with Gasteiger partial charge in [0.25, 0.3) is 0 Å². The zero-order chi connectivity index (χ0) is 22.1. The van der Waals surface area contributed by atoms with Gasteiger partial charge in [-0.05, 0) is 63.1 Å². The molecule has 0 radical (unpaired) electrons. The fourth-order valence-corrected chi connectivity index (χ4v) is 4.23. The van der Waals surface area contributed by atoms with E-state index in [1.165, 1.54) is 12.1 Å². The first-order chi connectivity index (χ1) is 15.1. The number of hydrogen-bond donors (Lipinski definition) is 1. The van der Waals surface area contributed by atoms with Crippen molar-refractivity contribution in [2.75, 3.05) is 68.4 Å². The van der Waals surface area contributed by atoms with Gasteiger partial charge in [0.1, 0.15) is 11.6 Å². The first-order valence-electron chi connectivity index (χ1n) is 11.2. The molecule has 0 saturated carbocycles. The van der Waals surface area contributed by atoms with Crippen molar-refractivity contribution < 1.29 is 4.39 Å². The Bertz CT molecular complexity index is 791. The van der Waals surface area contributed by atoms with Gasteiger partial charge in [-0.25, -0.2) is 14.4 Å². The van der Waals surface area contributed by atoms with Gasteiger partial charge in [0.2, 0.25) is 0 Å². The van der Waals surface area contributed by atoms with Crippen molar-refractivity contribution in [3.8, 4) is 0 Å². The molecule has 170 valence electrons. The van der Waals surface area contributed by atoms with Crippen LogP contribution in [-0.4, -0.2) is 73.5 Å². The molecule has 2 heterocycles.